The molecule has 4 N–H and O–H groups in total. The Morgan fingerprint density at radius 1 is 1.44 bits per heavy atom. The Morgan fingerprint density at radius 3 is 2.83 bits per heavy atom. The molecule has 0 fully saturated rings. The van der Waals surface area contributed by atoms with Gasteiger partial charge < -0.3 is 10.7 Å². The highest BCUT2D eigenvalue weighted by atomic mass is 32.1. The van der Waals surface area contributed by atoms with E-state index in [1.807, 2.05) is 6.92 Å². The molecule has 0 atom stereocenters. The maximum absolute atomic E-state index is 11.8. The van der Waals surface area contributed by atoms with E-state index in [9.17, 15) is 4.79 Å². The Balaban J connectivity index is 1.97. The van der Waals surface area contributed by atoms with E-state index in [0.717, 1.165) is 10.6 Å². The Kier molecular flexibility index (Phi) is 3.80. The summed E-state index contributed by atoms with van der Waals surface area (Å²) in [5.41, 5.74) is 5.26. The average Bonchev–Trinajstić information content (AvgIpc) is 2.81. The minimum atomic E-state index is -0.279. The smallest absolute Gasteiger partial charge is 0.272 e. The van der Waals surface area contributed by atoms with Gasteiger partial charge in [-0.05, 0) is 19.1 Å². The van der Waals surface area contributed by atoms with Gasteiger partial charge in [-0.25, -0.2) is 10.8 Å². The number of hydrazine groups is 1. The summed E-state index contributed by atoms with van der Waals surface area (Å²) in [6.07, 6.45) is 0. The number of hydrogen-bond acceptors (Lipinski definition) is 7. The van der Waals surface area contributed by atoms with Crippen LogP contribution in [0.5, 0.6) is 0 Å². The van der Waals surface area contributed by atoms with Gasteiger partial charge in [0.2, 0.25) is 0 Å². The molecule has 0 saturated carbocycles. The molecule has 2 heterocycles. The number of nitrogens with one attached hydrogen (secondary N) is 2. The van der Waals surface area contributed by atoms with Gasteiger partial charge in [0.1, 0.15) is 0 Å². The predicted molar refractivity (Wildman–Crippen MR) is 67.9 cm³/mol. The second kappa shape index (κ2) is 5.52. The van der Waals surface area contributed by atoms with Gasteiger partial charge in [-0.2, -0.15) is 0 Å². The van der Waals surface area contributed by atoms with Gasteiger partial charge in [-0.3, -0.25) is 4.79 Å². The summed E-state index contributed by atoms with van der Waals surface area (Å²) >= 11 is 1.50. The highest BCUT2D eigenvalue weighted by molar-refractivity contribution is 7.09. The summed E-state index contributed by atoms with van der Waals surface area (Å²) in [6.45, 7) is 2.34. The number of amides is 1. The molecule has 8 heteroatoms. The van der Waals surface area contributed by atoms with Gasteiger partial charge in [-0.1, -0.05) is 0 Å². The number of aromatic nitrogens is 3. The predicted octanol–water partition coefficient (Wildman–Crippen LogP) is 0.457. The van der Waals surface area contributed by atoms with Crippen LogP contribution in [0.15, 0.2) is 17.6 Å². The first kappa shape index (κ1) is 12.4. The van der Waals surface area contributed by atoms with Gasteiger partial charge in [0.05, 0.1) is 17.7 Å². The molecule has 2 aromatic rings. The van der Waals surface area contributed by atoms with Crippen LogP contribution < -0.4 is 16.6 Å². The summed E-state index contributed by atoms with van der Waals surface area (Å²) in [4.78, 5) is 16.9. The fourth-order valence-corrected chi connectivity index (χ4v) is 1.99. The van der Waals surface area contributed by atoms with E-state index < -0.39 is 0 Å². The SMILES string of the molecule is Cc1ncsc1CNC(=O)c1ccc(NN)nn1. The summed E-state index contributed by atoms with van der Waals surface area (Å²) < 4.78 is 0. The van der Waals surface area contributed by atoms with Crippen LogP contribution in [0.25, 0.3) is 0 Å². The first-order valence-electron chi connectivity index (χ1n) is 5.18. The van der Waals surface area contributed by atoms with Crippen LogP contribution in [0.4, 0.5) is 5.82 Å². The van der Waals surface area contributed by atoms with Crippen molar-refractivity contribution in [3.05, 3.63) is 33.9 Å². The molecule has 94 valence electrons. The molecule has 18 heavy (non-hydrogen) atoms. The molecule has 0 aliphatic heterocycles. The summed E-state index contributed by atoms with van der Waals surface area (Å²) in [5, 5.41) is 10.2. The standard InChI is InChI=1S/C10H12N6OS/c1-6-8(18-5-13-6)4-12-10(17)7-2-3-9(14-11)16-15-7/h2-3,5H,4,11H2,1H3,(H,12,17)(H,14,16). The number of nitrogen functional groups attached to an aromatic ring is 1. The molecule has 0 bridgehead atoms. The van der Waals surface area contributed by atoms with Gasteiger partial charge in [-0.15, -0.1) is 21.5 Å². The minimum Gasteiger partial charge on any atom is -0.346 e. The number of nitrogens with two attached hydrogens (primary N) is 1. The number of carbonyl (C=O) groups is 1. The largest absolute Gasteiger partial charge is 0.346 e. The summed E-state index contributed by atoms with van der Waals surface area (Å²) in [5.74, 6) is 5.29. The quantitative estimate of drug-likeness (QED) is 0.547. The number of aryl methyl sites for hydroxylation is 1. The molecule has 2 aromatic heterocycles. The van der Waals surface area contributed by atoms with Crippen LogP contribution in [0.2, 0.25) is 0 Å². The average molecular weight is 264 g/mol. The third kappa shape index (κ3) is 2.79. The highest BCUT2D eigenvalue weighted by Gasteiger charge is 2.09. The van der Waals surface area contributed by atoms with Crippen molar-refractivity contribution in [1.82, 2.24) is 20.5 Å². The van der Waals surface area contributed by atoms with Crippen molar-refractivity contribution in [3.63, 3.8) is 0 Å². The first-order chi connectivity index (χ1) is 8.70. The van der Waals surface area contributed by atoms with Crippen molar-refractivity contribution >= 4 is 23.1 Å². The van der Waals surface area contributed by atoms with Gasteiger partial charge >= 0.3 is 0 Å². The third-order valence-electron chi connectivity index (χ3n) is 2.30. The van der Waals surface area contributed by atoms with Gasteiger partial charge in [0.25, 0.3) is 5.91 Å². The summed E-state index contributed by atoms with van der Waals surface area (Å²) in [7, 11) is 0. The Morgan fingerprint density at radius 2 is 2.28 bits per heavy atom. The van der Waals surface area contributed by atoms with E-state index in [1.54, 1.807) is 17.6 Å². The first-order valence-corrected chi connectivity index (χ1v) is 6.06. The van der Waals surface area contributed by atoms with Crippen LogP contribution in [0.1, 0.15) is 21.1 Å². The van der Waals surface area contributed by atoms with Gasteiger partial charge in [0, 0.05) is 4.88 Å². The molecule has 0 unspecified atom stereocenters. The van der Waals surface area contributed by atoms with Crippen LogP contribution in [-0.4, -0.2) is 21.1 Å². The van der Waals surface area contributed by atoms with Crippen molar-refractivity contribution < 1.29 is 4.79 Å². The Labute approximate surface area is 107 Å². The van der Waals surface area contributed by atoms with E-state index in [-0.39, 0.29) is 11.6 Å². The molecule has 1 amide bonds. The Hall–Kier alpha value is -2.06. The molecule has 0 saturated heterocycles. The van der Waals surface area contributed by atoms with Crippen LogP contribution >= 0.6 is 11.3 Å². The molecular formula is C10H12N6OS. The second-order valence-electron chi connectivity index (χ2n) is 3.49. The van der Waals surface area contributed by atoms with Gasteiger partial charge in [0.15, 0.2) is 11.5 Å². The van der Waals surface area contributed by atoms with Crippen molar-refractivity contribution in [2.75, 3.05) is 5.43 Å². The fraction of sp³-hybridized carbons (Fsp3) is 0.200. The summed E-state index contributed by atoms with van der Waals surface area (Å²) in [6, 6.07) is 3.14. The monoisotopic (exact) mass is 264 g/mol. The van der Waals surface area contributed by atoms with Crippen LogP contribution in [0, 0.1) is 6.92 Å². The zero-order chi connectivity index (χ0) is 13.0. The van der Waals surface area contributed by atoms with E-state index in [1.165, 1.54) is 11.3 Å². The third-order valence-corrected chi connectivity index (χ3v) is 3.23. The molecule has 0 spiro atoms. The van der Waals surface area contributed by atoms with Crippen molar-refractivity contribution in [2.24, 2.45) is 5.84 Å². The number of carbonyl (C=O) groups excluding carboxylic acids is 1. The van der Waals surface area contributed by atoms with E-state index in [4.69, 9.17) is 5.84 Å². The lowest BCUT2D eigenvalue weighted by Gasteiger charge is -2.03. The number of rotatable bonds is 4. The van der Waals surface area contributed by atoms with Crippen molar-refractivity contribution in [2.45, 2.75) is 13.5 Å². The molecule has 0 aliphatic rings. The molecule has 0 aliphatic carbocycles. The van der Waals surface area contributed by atoms with E-state index >= 15 is 0 Å². The number of hydrogen-bond donors (Lipinski definition) is 3. The van der Waals surface area contributed by atoms with Crippen LogP contribution in [0.3, 0.4) is 0 Å². The lowest BCUT2D eigenvalue weighted by molar-refractivity contribution is 0.0945. The van der Waals surface area contributed by atoms with Crippen LogP contribution in [-0.2, 0) is 6.54 Å². The second-order valence-corrected chi connectivity index (χ2v) is 4.43. The topological polar surface area (TPSA) is 106 Å². The zero-order valence-corrected chi connectivity index (χ0v) is 10.5. The van der Waals surface area contributed by atoms with E-state index in [2.05, 4.69) is 25.9 Å². The van der Waals surface area contributed by atoms with Crippen molar-refractivity contribution in [3.8, 4) is 0 Å². The number of anilines is 1. The normalized spacial score (nSPS) is 10.1. The maximum atomic E-state index is 11.8. The molecule has 2 rings (SSSR count). The molecule has 0 radical (unpaired) electrons. The Bertz CT molecular complexity index is 538. The molecule has 0 aromatic carbocycles. The lowest BCUT2D eigenvalue weighted by atomic mass is 10.3. The molecular weight excluding hydrogens is 252 g/mol. The molecule has 7 nitrogen and oxygen atoms in total. The maximum Gasteiger partial charge on any atom is 0.272 e. The van der Waals surface area contributed by atoms with Crippen molar-refractivity contribution in [1.29, 1.82) is 0 Å². The van der Waals surface area contributed by atoms with E-state index in [0.29, 0.717) is 12.4 Å². The number of nitrogens with zero attached hydrogens (tertiary/aromatic N) is 3. The fourth-order valence-electron chi connectivity index (χ4n) is 1.28. The zero-order valence-electron chi connectivity index (χ0n) is 9.67. The minimum absolute atomic E-state index is 0.246. The number of thiazole rings is 1. The lowest BCUT2D eigenvalue weighted by Crippen LogP contribution is -2.24. The highest BCUT2D eigenvalue weighted by Crippen LogP contribution is 2.11.